The molecule has 2 aromatic rings. The average Bonchev–Trinajstić information content (AvgIpc) is 2.85. The van der Waals surface area contributed by atoms with Crippen LogP contribution >= 0.6 is 0 Å². The molecular formula is C28H35F3O3. The number of alkyl halides is 3. The lowest BCUT2D eigenvalue weighted by Gasteiger charge is -2.29. The normalized spacial score (nSPS) is 19.4. The molecule has 3 rings (SSSR count). The molecule has 3 nitrogen and oxygen atoms in total. The van der Waals surface area contributed by atoms with Gasteiger partial charge in [-0.1, -0.05) is 68.7 Å². The summed E-state index contributed by atoms with van der Waals surface area (Å²) >= 11 is 0. The molecule has 1 saturated carbocycles. The van der Waals surface area contributed by atoms with Crippen molar-refractivity contribution in [2.75, 3.05) is 0 Å². The Morgan fingerprint density at radius 1 is 0.941 bits per heavy atom. The van der Waals surface area contributed by atoms with E-state index < -0.39 is 24.2 Å². The van der Waals surface area contributed by atoms with E-state index in [2.05, 4.69) is 0 Å². The highest BCUT2D eigenvalue weighted by Gasteiger charge is 2.43. The molecule has 1 atom stereocenters. The van der Waals surface area contributed by atoms with E-state index in [0.717, 1.165) is 43.4 Å². The molecule has 0 bridgehead atoms. The first-order valence-corrected chi connectivity index (χ1v) is 12.4. The minimum Gasteiger partial charge on any atom is -0.489 e. The van der Waals surface area contributed by atoms with E-state index in [4.69, 9.17) is 9.47 Å². The number of esters is 1. The van der Waals surface area contributed by atoms with Crippen LogP contribution in [-0.2, 0) is 16.1 Å². The molecule has 1 aliphatic rings. The van der Waals surface area contributed by atoms with E-state index in [9.17, 15) is 18.0 Å². The summed E-state index contributed by atoms with van der Waals surface area (Å²) in [6.45, 7) is 2.51. The molecule has 0 aliphatic heterocycles. The Hall–Kier alpha value is -2.50. The summed E-state index contributed by atoms with van der Waals surface area (Å²) in [5, 5.41) is 0. The first-order chi connectivity index (χ1) is 16.4. The van der Waals surface area contributed by atoms with Crippen molar-refractivity contribution in [3.8, 4) is 5.75 Å². The quantitative estimate of drug-likeness (QED) is 0.244. The minimum absolute atomic E-state index is 0.150. The third-order valence-electron chi connectivity index (χ3n) is 6.60. The SMILES string of the molecule is CCCCCC[C@@H](OC(=O)[C@H]1CC[C@H](c2ccc(OCc3ccccc3)cc2)CC1)C(F)(F)F. The van der Waals surface area contributed by atoms with Gasteiger partial charge in [0.1, 0.15) is 12.4 Å². The molecule has 6 heteroatoms. The van der Waals surface area contributed by atoms with Gasteiger partial charge in [0.05, 0.1) is 5.92 Å². The third kappa shape index (κ3) is 8.07. The lowest BCUT2D eigenvalue weighted by molar-refractivity contribution is -0.225. The largest absolute Gasteiger partial charge is 0.489 e. The standard InChI is InChI=1S/C28H35F3O3/c1-2-3-4-8-11-26(28(29,30)31)34-27(32)24-14-12-22(13-15-24)23-16-18-25(19-17-23)33-20-21-9-6-5-7-10-21/h5-7,9-10,16-19,22,24,26H,2-4,8,11-15,20H2,1H3/t22-,24-,26-/m1/s1. The van der Waals surface area contributed by atoms with Gasteiger partial charge in [0.2, 0.25) is 0 Å². The van der Waals surface area contributed by atoms with E-state index in [-0.39, 0.29) is 6.42 Å². The van der Waals surface area contributed by atoms with Gasteiger partial charge in [-0.15, -0.1) is 0 Å². The van der Waals surface area contributed by atoms with Crippen molar-refractivity contribution < 1.29 is 27.4 Å². The van der Waals surface area contributed by atoms with Crippen molar-refractivity contribution >= 4 is 5.97 Å². The predicted octanol–water partition coefficient (Wildman–Crippen LogP) is 7.98. The summed E-state index contributed by atoms with van der Waals surface area (Å²) in [6, 6.07) is 17.9. The van der Waals surface area contributed by atoms with Crippen molar-refractivity contribution in [3.05, 3.63) is 65.7 Å². The molecular weight excluding hydrogens is 441 g/mol. The van der Waals surface area contributed by atoms with Crippen molar-refractivity contribution in [1.82, 2.24) is 0 Å². The van der Waals surface area contributed by atoms with Crippen molar-refractivity contribution in [1.29, 1.82) is 0 Å². The summed E-state index contributed by atoms with van der Waals surface area (Å²) in [4.78, 5) is 12.5. The Morgan fingerprint density at radius 3 is 2.24 bits per heavy atom. The zero-order chi connectivity index (χ0) is 24.4. The summed E-state index contributed by atoms with van der Waals surface area (Å²) in [6.07, 6.45) is -1.04. The molecule has 0 spiro atoms. The van der Waals surface area contributed by atoms with Crippen LogP contribution in [0.4, 0.5) is 13.2 Å². The number of hydrogen-bond acceptors (Lipinski definition) is 3. The Bertz CT molecular complexity index is 857. The van der Waals surface area contributed by atoms with E-state index in [1.54, 1.807) is 0 Å². The van der Waals surface area contributed by atoms with Gasteiger partial charge in [-0.2, -0.15) is 13.2 Å². The van der Waals surface area contributed by atoms with Crippen molar-refractivity contribution in [3.63, 3.8) is 0 Å². The summed E-state index contributed by atoms with van der Waals surface area (Å²) < 4.78 is 50.8. The topological polar surface area (TPSA) is 35.5 Å². The molecule has 1 fully saturated rings. The fourth-order valence-corrected chi connectivity index (χ4v) is 4.52. The van der Waals surface area contributed by atoms with Crippen molar-refractivity contribution in [2.24, 2.45) is 5.92 Å². The number of carbonyl (C=O) groups excluding carboxylic acids is 1. The summed E-state index contributed by atoms with van der Waals surface area (Å²) in [7, 11) is 0. The van der Waals surface area contributed by atoms with Gasteiger partial charge in [-0.3, -0.25) is 4.79 Å². The van der Waals surface area contributed by atoms with Gasteiger partial charge in [0.25, 0.3) is 0 Å². The maximum absolute atomic E-state index is 13.3. The summed E-state index contributed by atoms with van der Waals surface area (Å²) in [5.41, 5.74) is 2.27. The fourth-order valence-electron chi connectivity index (χ4n) is 4.52. The van der Waals surface area contributed by atoms with E-state index >= 15 is 0 Å². The second-order valence-electron chi connectivity index (χ2n) is 9.21. The monoisotopic (exact) mass is 476 g/mol. The van der Waals surface area contributed by atoms with E-state index in [1.165, 1.54) is 5.56 Å². The molecule has 0 heterocycles. The fraction of sp³-hybridized carbons (Fsp3) is 0.536. The highest BCUT2D eigenvalue weighted by atomic mass is 19.4. The van der Waals surface area contributed by atoms with Crippen LogP contribution in [0.25, 0.3) is 0 Å². The van der Waals surface area contributed by atoms with Crippen molar-refractivity contribution in [2.45, 2.75) is 89.5 Å². The van der Waals surface area contributed by atoms with Gasteiger partial charge >= 0.3 is 12.1 Å². The Balaban J connectivity index is 1.45. The Kier molecular flexibility index (Phi) is 9.85. The lowest BCUT2D eigenvalue weighted by Crippen LogP contribution is -2.36. The van der Waals surface area contributed by atoms with Crippen LogP contribution in [0.5, 0.6) is 5.75 Å². The number of ether oxygens (including phenoxy) is 2. The van der Waals surface area contributed by atoms with Gasteiger partial charge in [0, 0.05) is 0 Å². The van der Waals surface area contributed by atoms with E-state index in [1.807, 2.05) is 61.5 Å². The Labute approximate surface area is 200 Å². The molecule has 186 valence electrons. The minimum atomic E-state index is -4.51. The molecule has 1 aliphatic carbocycles. The van der Waals surface area contributed by atoms with Crippen LogP contribution in [0.3, 0.4) is 0 Å². The molecule has 0 aromatic heterocycles. The average molecular weight is 477 g/mol. The molecule has 2 aromatic carbocycles. The highest BCUT2D eigenvalue weighted by molar-refractivity contribution is 5.72. The lowest BCUT2D eigenvalue weighted by atomic mass is 9.78. The van der Waals surface area contributed by atoms with Gasteiger partial charge < -0.3 is 9.47 Å². The number of unbranched alkanes of at least 4 members (excludes halogenated alkanes) is 3. The molecule has 0 radical (unpaired) electrons. The predicted molar refractivity (Wildman–Crippen MR) is 127 cm³/mol. The van der Waals surface area contributed by atoms with Crippen LogP contribution < -0.4 is 4.74 Å². The maximum atomic E-state index is 13.3. The third-order valence-corrected chi connectivity index (χ3v) is 6.60. The highest BCUT2D eigenvalue weighted by Crippen LogP contribution is 2.38. The Morgan fingerprint density at radius 2 is 1.62 bits per heavy atom. The molecule has 34 heavy (non-hydrogen) atoms. The second-order valence-corrected chi connectivity index (χ2v) is 9.21. The molecule has 0 saturated heterocycles. The number of rotatable bonds is 11. The first kappa shape index (κ1) is 26.1. The molecule has 0 N–H and O–H groups in total. The van der Waals surface area contributed by atoms with Crippen LogP contribution in [-0.4, -0.2) is 18.2 Å². The smallest absolute Gasteiger partial charge is 0.425 e. The number of benzene rings is 2. The van der Waals surface area contributed by atoms with Crippen LogP contribution in [0.15, 0.2) is 54.6 Å². The number of halogens is 3. The number of hydrogen-bond donors (Lipinski definition) is 0. The maximum Gasteiger partial charge on any atom is 0.425 e. The van der Waals surface area contributed by atoms with Gasteiger partial charge in [-0.05, 0) is 67.7 Å². The van der Waals surface area contributed by atoms with E-state index in [0.29, 0.717) is 31.8 Å². The van der Waals surface area contributed by atoms with Crippen LogP contribution in [0, 0.1) is 5.92 Å². The molecule has 0 unspecified atom stereocenters. The second kappa shape index (κ2) is 12.8. The summed E-state index contributed by atoms with van der Waals surface area (Å²) in [5.74, 6) is -0.0622. The molecule has 0 amide bonds. The van der Waals surface area contributed by atoms with Crippen LogP contribution in [0.2, 0.25) is 0 Å². The van der Waals surface area contributed by atoms with Gasteiger partial charge in [-0.25, -0.2) is 0 Å². The van der Waals surface area contributed by atoms with Gasteiger partial charge in [0.15, 0.2) is 6.10 Å². The first-order valence-electron chi connectivity index (χ1n) is 12.4. The zero-order valence-corrected chi connectivity index (χ0v) is 19.9. The number of carbonyl (C=O) groups is 1. The van der Waals surface area contributed by atoms with Crippen LogP contribution in [0.1, 0.15) is 81.8 Å². The zero-order valence-electron chi connectivity index (χ0n) is 19.9.